The third-order valence-corrected chi connectivity index (χ3v) is 7.22. The SMILES string of the molecule is CCC(C(=O)Nc1ccc(C(C)=O)cc1)n1cnc2sc(C(=O)Nc3ccccc3OC)c(C)c2c1=O. The van der Waals surface area contributed by atoms with Gasteiger partial charge in [0.2, 0.25) is 5.91 Å². The molecule has 9 nitrogen and oxygen atoms in total. The zero-order valence-corrected chi connectivity index (χ0v) is 21.6. The van der Waals surface area contributed by atoms with E-state index in [1.807, 2.05) is 0 Å². The number of anilines is 2. The lowest BCUT2D eigenvalue weighted by Gasteiger charge is -2.17. The summed E-state index contributed by atoms with van der Waals surface area (Å²) >= 11 is 1.12. The molecule has 0 aliphatic rings. The monoisotopic (exact) mass is 518 g/mol. The highest BCUT2D eigenvalue weighted by atomic mass is 32.1. The zero-order valence-electron chi connectivity index (χ0n) is 20.8. The molecule has 0 spiro atoms. The van der Waals surface area contributed by atoms with Crippen molar-refractivity contribution in [1.82, 2.24) is 9.55 Å². The van der Waals surface area contributed by atoms with E-state index in [1.54, 1.807) is 62.4 Å². The first-order valence-electron chi connectivity index (χ1n) is 11.6. The lowest BCUT2D eigenvalue weighted by atomic mass is 10.1. The van der Waals surface area contributed by atoms with Gasteiger partial charge in [-0.1, -0.05) is 19.1 Å². The molecule has 0 radical (unpaired) electrons. The number of carbonyl (C=O) groups excluding carboxylic acids is 3. The number of Topliss-reactive ketones (excluding diaryl/α,β-unsaturated/α-hetero) is 1. The maximum Gasteiger partial charge on any atom is 0.266 e. The number of fused-ring (bicyclic) bond motifs is 1. The van der Waals surface area contributed by atoms with Gasteiger partial charge in [-0.2, -0.15) is 0 Å². The third-order valence-electron chi connectivity index (χ3n) is 6.02. The summed E-state index contributed by atoms with van der Waals surface area (Å²) in [7, 11) is 1.52. The molecule has 0 aliphatic heterocycles. The third kappa shape index (κ3) is 5.14. The van der Waals surface area contributed by atoms with Crippen molar-refractivity contribution in [3.05, 3.63) is 81.2 Å². The molecule has 0 bridgehead atoms. The van der Waals surface area contributed by atoms with Crippen LogP contribution in [0.5, 0.6) is 5.75 Å². The number of nitrogens with one attached hydrogen (secondary N) is 2. The fraction of sp³-hybridized carbons (Fsp3) is 0.222. The van der Waals surface area contributed by atoms with Gasteiger partial charge in [0, 0.05) is 11.3 Å². The van der Waals surface area contributed by atoms with Gasteiger partial charge < -0.3 is 15.4 Å². The smallest absolute Gasteiger partial charge is 0.266 e. The van der Waals surface area contributed by atoms with Crippen LogP contribution in [0.25, 0.3) is 10.2 Å². The Morgan fingerprint density at radius 3 is 2.43 bits per heavy atom. The molecular formula is C27H26N4O5S. The van der Waals surface area contributed by atoms with Crippen molar-refractivity contribution >= 4 is 50.5 Å². The molecule has 0 fully saturated rings. The Kier molecular flexibility index (Phi) is 7.49. The first-order chi connectivity index (χ1) is 17.7. The highest BCUT2D eigenvalue weighted by Crippen LogP contribution is 2.30. The maximum absolute atomic E-state index is 13.5. The Hall–Kier alpha value is -4.31. The van der Waals surface area contributed by atoms with Crippen LogP contribution in [0.3, 0.4) is 0 Å². The fourth-order valence-electron chi connectivity index (χ4n) is 4.03. The van der Waals surface area contributed by atoms with Crippen LogP contribution in [-0.4, -0.2) is 34.3 Å². The minimum absolute atomic E-state index is 0.0719. The summed E-state index contributed by atoms with van der Waals surface area (Å²) in [6, 6.07) is 12.8. The van der Waals surface area contributed by atoms with Gasteiger partial charge in [-0.05, 0) is 62.2 Å². The molecule has 4 aromatic rings. The Bertz CT molecular complexity index is 1560. The molecule has 0 aliphatic carbocycles. The number of carbonyl (C=O) groups is 3. The maximum atomic E-state index is 13.5. The zero-order chi connectivity index (χ0) is 26.7. The molecule has 190 valence electrons. The standard InChI is InChI=1S/C27H26N4O5S/c1-5-20(24(33)29-18-12-10-17(11-13-18)16(3)32)31-14-28-26-22(27(31)35)15(2)23(37-26)25(34)30-19-8-6-7-9-21(19)36-4/h6-14,20H,5H2,1-4H3,(H,29,33)(H,30,34). The van der Waals surface area contributed by atoms with Crippen molar-refractivity contribution < 1.29 is 19.1 Å². The average molecular weight is 519 g/mol. The molecule has 37 heavy (non-hydrogen) atoms. The summed E-state index contributed by atoms with van der Waals surface area (Å²) in [5, 5.41) is 5.93. The number of nitrogens with zero attached hydrogens (tertiary/aromatic N) is 2. The van der Waals surface area contributed by atoms with Crippen molar-refractivity contribution in [3.8, 4) is 5.75 Å². The van der Waals surface area contributed by atoms with Gasteiger partial charge in [-0.15, -0.1) is 11.3 Å². The minimum Gasteiger partial charge on any atom is -0.495 e. The van der Waals surface area contributed by atoms with Crippen LogP contribution in [0.2, 0.25) is 0 Å². The van der Waals surface area contributed by atoms with E-state index in [0.717, 1.165) is 11.3 Å². The van der Waals surface area contributed by atoms with E-state index in [1.165, 1.54) is 24.9 Å². The van der Waals surface area contributed by atoms with Crippen LogP contribution < -0.4 is 20.9 Å². The van der Waals surface area contributed by atoms with Crippen LogP contribution in [0.4, 0.5) is 11.4 Å². The first kappa shape index (κ1) is 25.8. The van der Waals surface area contributed by atoms with Crippen LogP contribution in [0, 0.1) is 6.92 Å². The number of ketones is 1. The number of thiophene rings is 1. The van der Waals surface area contributed by atoms with E-state index in [2.05, 4.69) is 15.6 Å². The summed E-state index contributed by atoms with van der Waals surface area (Å²) < 4.78 is 6.59. The molecule has 2 aromatic heterocycles. The number of hydrogen-bond acceptors (Lipinski definition) is 7. The number of rotatable bonds is 8. The fourth-order valence-corrected chi connectivity index (χ4v) is 5.06. The summed E-state index contributed by atoms with van der Waals surface area (Å²) in [6.45, 7) is 4.96. The summed E-state index contributed by atoms with van der Waals surface area (Å²) in [5.41, 5.74) is 1.65. The van der Waals surface area contributed by atoms with Crippen molar-refractivity contribution in [2.45, 2.75) is 33.2 Å². The van der Waals surface area contributed by atoms with Crippen molar-refractivity contribution in [2.24, 2.45) is 0 Å². The Labute approximate surface area is 217 Å². The highest BCUT2D eigenvalue weighted by Gasteiger charge is 2.25. The molecule has 2 N–H and O–H groups in total. The molecule has 0 saturated carbocycles. The largest absolute Gasteiger partial charge is 0.495 e. The lowest BCUT2D eigenvalue weighted by molar-refractivity contribution is -0.119. The number of methoxy groups -OCH3 is 1. The van der Waals surface area contributed by atoms with Gasteiger partial charge in [0.15, 0.2) is 5.78 Å². The molecule has 2 heterocycles. The lowest BCUT2D eigenvalue weighted by Crippen LogP contribution is -2.33. The summed E-state index contributed by atoms with van der Waals surface area (Å²) in [4.78, 5) is 56.3. The van der Waals surface area contributed by atoms with E-state index in [-0.39, 0.29) is 17.6 Å². The van der Waals surface area contributed by atoms with Crippen LogP contribution in [0.15, 0.2) is 59.7 Å². The summed E-state index contributed by atoms with van der Waals surface area (Å²) in [5.74, 6) is -0.321. The topological polar surface area (TPSA) is 119 Å². The van der Waals surface area contributed by atoms with Crippen molar-refractivity contribution in [3.63, 3.8) is 0 Å². The molecule has 10 heteroatoms. The van der Waals surface area contributed by atoms with Crippen LogP contribution in [-0.2, 0) is 4.79 Å². The number of aryl methyl sites for hydroxylation is 1. The molecule has 1 unspecified atom stereocenters. The number of aromatic nitrogens is 2. The molecule has 4 rings (SSSR count). The molecule has 2 aromatic carbocycles. The second kappa shape index (κ2) is 10.8. The molecular weight excluding hydrogens is 492 g/mol. The molecule has 0 saturated heterocycles. The Morgan fingerprint density at radius 2 is 1.78 bits per heavy atom. The van der Waals surface area contributed by atoms with Gasteiger partial charge in [0.1, 0.15) is 16.6 Å². The average Bonchev–Trinajstić information content (AvgIpc) is 3.23. The minimum atomic E-state index is -0.818. The number of hydrogen-bond donors (Lipinski definition) is 2. The molecule has 2 amide bonds. The second-order valence-corrected chi connectivity index (χ2v) is 9.39. The normalized spacial score (nSPS) is 11.7. The number of para-hydroxylation sites is 2. The van der Waals surface area contributed by atoms with Crippen LogP contribution in [0.1, 0.15) is 51.9 Å². The molecule has 1 atom stereocenters. The van der Waals surface area contributed by atoms with Crippen LogP contribution >= 0.6 is 11.3 Å². The predicted octanol–water partition coefficient (Wildman–Crippen LogP) is 4.82. The highest BCUT2D eigenvalue weighted by molar-refractivity contribution is 7.20. The Balaban J connectivity index is 1.63. The Morgan fingerprint density at radius 1 is 1.08 bits per heavy atom. The van der Waals surface area contributed by atoms with E-state index in [9.17, 15) is 19.2 Å². The van der Waals surface area contributed by atoms with Gasteiger partial charge in [0.25, 0.3) is 11.5 Å². The van der Waals surface area contributed by atoms with Gasteiger partial charge in [0.05, 0.1) is 29.4 Å². The first-order valence-corrected chi connectivity index (χ1v) is 12.4. The predicted molar refractivity (Wildman–Crippen MR) is 144 cm³/mol. The van der Waals surface area contributed by atoms with Gasteiger partial charge >= 0.3 is 0 Å². The summed E-state index contributed by atoms with van der Waals surface area (Å²) in [6.07, 6.45) is 1.68. The van der Waals surface area contributed by atoms with E-state index >= 15 is 0 Å². The number of ether oxygens (including phenoxy) is 1. The van der Waals surface area contributed by atoms with E-state index in [4.69, 9.17) is 4.74 Å². The van der Waals surface area contributed by atoms with Crippen molar-refractivity contribution in [2.75, 3.05) is 17.7 Å². The van der Waals surface area contributed by atoms with E-state index in [0.29, 0.717) is 49.8 Å². The van der Waals surface area contributed by atoms with Gasteiger partial charge in [-0.25, -0.2) is 4.98 Å². The van der Waals surface area contributed by atoms with Crippen molar-refractivity contribution in [1.29, 1.82) is 0 Å². The second-order valence-electron chi connectivity index (χ2n) is 8.39. The quantitative estimate of drug-likeness (QED) is 0.323. The van der Waals surface area contributed by atoms with Gasteiger partial charge in [-0.3, -0.25) is 23.7 Å². The van der Waals surface area contributed by atoms with E-state index < -0.39 is 11.6 Å². The number of benzene rings is 2. The number of amides is 2.